The molecule has 4 rings (SSSR count). The van der Waals surface area contributed by atoms with Crippen molar-refractivity contribution in [1.29, 1.82) is 0 Å². The van der Waals surface area contributed by atoms with Crippen LogP contribution in [0.2, 0.25) is 0 Å². The van der Waals surface area contributed by atoms with E-state index in [1.807, 2.05) is 19.1 Å². The molecular weight excluding hydrogens is 481 g/mol. The van der Waals surface area contributed by atoms with E-state index in [1.54, 1.807) is 25.5 Å². The highest BCUT2D eigenvalue weighted by Gasteiger charge is 2.20. The number of nitrogens with zero attached hydrogens (tertiary/aromatic N) is 1. The fourth-order valence-electron chi connectivity index (χ4n) is 4.46. The molecule has 192 valence electrons. The highest BCUT2D eigenvalue weighted by Crippen LogP contribution is 2.37. The Kier molecular flexibility index (Phi) is 7.87. The molecule has 0 aliphatic rings. The fourth-order valence-corrected chi connectivity index (χ4v) is 4.99. The van der Waals surface area contributed by atoms with Crippen molar-refractivity contribution in [3.63, 3.8) is 0 Å². The third kappa shape index (κ3) is 6.49. The topological polar surface area (TPSA) is 57.5 Å². The zero-order valence-electron chi connectivity index (χ0n) is 22.2. The zero-order chi connectivity index (χ0) is 26.7. The molecule has 0 saturated heterocycles. The van der Waals surface area contributed by atoms with Gasteiger partial charge in [0.05, 0.1) is 18.5 Å². The minimum atomic E-state index is -2.49. The Labute approximate surface area is 219 Å². The van der Waals surface area contributed by atoms with Gasteiger partial charge in [0.2, 0.25) is 0 Å². The first-order chi connectivity index (χ1) is 17.5. The SMILES string of the molecule is C=C(c1ccc(C)cc1)n1c(C)c(CC(=O)Oc2ccc(CCOP(C)(C)=O)cc2)c2cc(C)ccc21. The maximum Gasteiger partial charge on any atom is 0.315 e. The molecule has 0 spiro atoms. The van der Waals surface area contributed by atoms with Gasteiger partial charge in [0.15, 0.2) is 7.37 Å². The maximum absolute atomic E-state index is 13.0. The lowest BCUT2D eigenvalue weighted by Gasteiger charge is -2.13. The lowest BCUT2D eigenvalue weighted by molar-refractivity contribution is -0.133. The molecule has 0 unspecified atom stereocenters. The molecule has 0 N–H and O–H groups in total. The standard InChI is InChI=1S/C31H34NO4P/c1-21-7-12-26(13-8-21)23(3)32-24(4)28(29-19-22(2)9-16-30(29)32)20-31(33)36-27-14-10-25(11-15-27)17-18-35-37(5,6)34/h7-16,19H,3,17-18,20H2,1-2,4-6H3. The van der Waals surface area contributed by atoms with Crippen LogP contribution < -0.4 is 4.74 Å². The van der Waals surface area contributed by atoms with Crippen molar-refractivity contribution >= 4 is 29.9 Å². The fraction of sp³-hybridized carbons (Fsp3) is 0.258. The lowest BCUT2D eigenvalue weighted by atomic mass is 10.1. The largest absolute Gasteiger partial charge is 0.426 e. The number of aromatic nitrogens is 1. The van der Waals surface area contributed by atoms with Gasteiger partial charge < -0.3 is 13.8 Å². The summed E-state index contributed by atoms with van der Waals surface area (Å²) in [7, 11) is -2.49. The van der Waals surface area contributed by atoms with Gasteiger partial charge in [0, 0.05) is 30.1 Å². The molecule has 0 radical (unpaired) electrons. The molecule has 0 saturated carbocycles. The predicted molar refractivity (Wildman–Crippen MR) is 152 cm³/mol. The second-order valence-corrected chi connectivity index (χ2v) is 12.6. The minimum Gasteiger partial charge on any atom is -0.426 e. The Morgan fingerprint density at radius 1 is 0.919 bits per heavy atom. The van der Waals surface area contributed by atoms with Crippen LogP contribution in [0.4, 0.5) is 0 Å². The van der Waals surface area contributed by atoms with E-state index >= 15 is 0 Å². The lowest BCUT2D eigenvalue weighted by Crippen LogP contribution is -2.12. The molecule has 0 bridgehead atoms. The third-order valence-corrected chi connectivity index (χ3v) is 7.22. The summed E-state index contributed by atoms with van der Waals surface area (Å²) in [6, 6.07) is 21.9. The molecule has 5 nitrogen and oxygen atoms in total. The molecule has 1 aromatic heterocycles. The van der Waals surface area contributed by atoms with Crippen molar-refractivity contribution in [2.24, 2.45) is 0 Å². The smallest absolute Gasteiger partial charge is 0.315 e. The van der Waals surface area contributed by atoms with Gasteiger partial charge in [-0.2, -0.15) is 0 Å². The molecule has 0 atom stereocenters. The summed E-state index contributed by atoms with van der Waals surface area (Å²) >= 11 is 0. The van der Waals surface area contributed by atoms with Gasteiger partial charge >= 0.3 is 5.97 Å². The summed E-state index contributed by atoms with van der Waals surface area (Å²) in [5.74, 6) is 0.173. The van der Waals surface area contributed by atoms with Gasteiger partial charge in [0.25, 0.3) is 0 Å². The Morgan fingerprint density at radius 2 is 1.57 bits per heavy atom. The van der Waals surface area contributed by atoms with E-state index in [4.69, 9.17) is 9.26 Å². The highest BCUT2D eigenvalue weighted by molar-refractivity contribution is 7.57. The number of ether oxygens (including phenoxy) is 1. The first-order valence-electron chi connectivity index (χ1n) is 12.4. The Bertz CT molecular complexity index is 1490. The average Bonchev–Trinajstić information content (AvgIpc) is 3.10. The van der Waals surface area contributed by atoms with Gasteiger partial charge in [-0.1, -0.05) is 60.2 Å². The summed E-state index contributed by atoms with van der Waals surface area (Å²) in [4.78, 5) is 13.0. The number of benzene rings is 3. The van der Waals surface area contributed by atoms with Crippen LogP contribution in [0.25, 0.3) is 16.6 Å². The van der Waals surface area contributed by atoms with E-state index in [0.717, 1.165) is 44.5 Å². The van der Waals surface area contributed by atoms with Gasteiger partial charge in [-0.25, -0.2) is 0 Å². The number of rotatable bonds is 9. The summed E-state index contributed by atoms with van der Waals surface area (Å²) in [5, 5.41) is 1.03. The monoisotopic (exact) mass is 515 g/mol. The quantitative estimate of drug-likeness (QED) is 0.133. The minimum absolute atomic E-state index is 0.151. The van der Waals surface area contributed by atoms with E-state index < -0.39 is 7.37 Å². The van der Waals surface area contributed by atoms with Crippen molar-refractivity contribution in [3.05, 3.63) is 107 Å². The first-order valence-corrected chi connectivity index (χ1v) is 14.9. The molecule has 37 heavy (non-hydrogen) atoms. The second kappa shape index (κ2) is 10.9. The van der Waals surface area contributed by atoms with Crippen LogP contribution >= 0.6 is 7.37 Å². The molecule has 0 aliphatic heterocycles. The van der Waals surface area contributed by atoms with Crippen LogP contribution in [0.1, 0.15) is 33.5 Å². The van der Waals surface area contributed by atoms with Crippen molar-refractivity contribution < 1.29 is 18.6 Å². The number of carbonyl (C=O) groups excluding carboxylic acids is 1. The van der Waals surface area contributed by atoms with Crippen LogP contribution in [0.3, 0.4) is 0 Å². The van der Waals surface area contributed by atoms with Crippen molar-refractivity contribution in [2.45, 2.75) is 33.6 Å². The Morgan fingerprint density at radius 3 is 2.22 bits per heavy atom. The normalized spacial score (nSPS) is 11.6. The van der Waals surface area contributed by atoms with E-state index in [1.165, 1.54) is 5.56 Å². The molecule has 0 amide bonds. The predicted octanol–water partition coefficient (Wildman–Crippen LogP) is 7.33. The van der Waals surface area contributed by atoms with E-state index in [9.17, 15) is 9.36 Å². The molecular formula is C31H34NO4P. The van der Waals surface area contributed by atoms with Crippen LogP contribution in [0.15, 0.2) is 73.3 Å². The van der Waals surface area contributed by atoms with Crippen LogP contribution in [-0.2, 0) is 26.7 Å². The van der Waals surface area contributed by atoms with Crippen molar-refractivity contribution in [3.8, 4) is 5.75 Å². The number of carbonyl (C=O) groups is 1. The zero-order valence-corrected chi connectivity index (χ0v) is 23.1. The number of aryl methyl sites for hydroxylation is 2. The summed E-state index contributed by atoms with van der Waals surface area (Å²) in [6.45, 7) is 14.1. The molecule has 4 aromatic rings. The summed E-state index contributed by atoms with van der Waals surface area (Å²) in [5.41, 5.74) is 8.18. The second-order valence-electron chi connectivity index (χ2n) is 9.86. The molecule has 3 aromatic carbocycles. The van der Waals surface area contributed by atoms with E-state index in [2.05, 4.69) is 67.5 Å². The Hall–Kier alpha value is -3.40. The van der Waals surface area contributed by atoms with E-state index in [0.29, 0.717) is 18.8 Å². The molecule has 0 aliphatic carbocycles. The van der Waals surface area contributed by atoms with E-state index in [-0.39, 0.29) is 12.4 Å². The molecule has 1 heterocycles. The van der Waals surface area contributed by atoms with Crippen molar-refractivity contribution in [1.82, 2.24) is 4.57 Å². The Balaban J connectivity index is 1.54. The number of hydrogen-bond donors (Lipinski definition) is 0. The number of fused-ring (bicyclic) bond motifs is 1. The van der Waals surface area contributed by atoms with Gasteiger partial charge in [-0.15, -0.1) is 0 Å². The highest BCUT2D eigenvalue weighted by atomic mass is 31.2. The number of hydrogen-bond acceptors (Lipinski definition) is 4. The van der Waals surface area contributed by atoms with Crippen molar-refractivity contribution in [2.75, 3.05) is 19.9 Å². The maximum atomic E-state index is 13.0. The average molecular weight is 516 g/mol. The van der Waals surface area contributed by atoms with Crippen LogP contribution in [-0.4, -0.2) is 30.5 Å². The molecule has 0 fully saturated rings. The van der Waals surface area contributed by atoms with Crippen LogP contribution in [0, 0.1) is 20.8 Å². The van der Waals surface area contributed by atoms with Gasteiger partial charge in [-0.05, 0) is 68.1 Å². The summed E-state index contributed by atoms with van der Waals surface area (Å²) in [6.07, 6.45) is 0.792. The van der Waals surface area contributed by atoms with Gasteiger partial charge in [0.1, 0.15) is 5.75 Å². The molecule has 6 heteroatoms. The third-order valence-electron chi connectivity index (χ3n) is 6.41. The first kappa shape index (κ1) is 26.7. The van der Waals surface area contributed by atoms with Crippen LogP contribution in [0.5, 0.6) is 5.75 Å². The summed E-state index contributed by atoms with van der Waals surface area (Å²) < 4.78 is 24.9. The van der Waals surface area contributed by atoms with Gasteiger partial charge in [-0.3, -0.25) is 9.36 Å². The number of esters is 1.